The number of hydrogen-bond acceptors (Lipinski definition) is 3. The number of pyridine rings is 1. The van der Waals surface area contributed by atoms with Crippen molar-refractivity contribution in [1.82, 2.24) is 4.98 Å². The fourth-order valence-electron chi connectivity index (χ4n) is 2.46. The highest BCUT2D eigenvalue weighted by molar-refractivity contribution is 14.1. The normalized spacial score (nSPS) is 24.9. The van der Waals surface area contributed by atoms with E-state index in [9.17, 15) is 0 Å². The number of rotatable bonds is 4. The summed E-state index contributed by atoms with van der Waals surface area (Å²) in [5, 5.41) is 1.59. The van der Waals surface area contributed by atoms with Crippen molar-refractivity contribution in [2.24, 2.45) is 0 Å². The summed E-state index contributed by atoms with van der Waals surface area (Å²) in [4.78, 5) is 4.42. The number of nitrogens with zero attached hydrogens (tertiary/aromatic N) is 1. The molecule has 1 fully saturated rings. The Kier molecular flexibility index (Phi) is 4.78. The maximum atomic E-state index is 6.27. The number of hydrogen-bond donors (Lipinski definition) is 0. The SMILES string of the molecule is CCOC1C(Cl)CC1Oc1c(I)cc(Cl)c2cccnc12. The molecule has 0 radical (unpaired) electrons. The molecular weight excluding hydrogens is 424 g/mol. The second-order valence-corrected chi connectivity index (χ2v) is 7.03. The van der Waals surface area contributed by atoms with Gasteiger partial charge in [0.2, 0.25) is 0 Å². The predicted octanol–water partition coefficient (Wildman–Crippen LogP) is 4.66. The molecule has 0 aliphatic heterocycles. The van der Waals surface area contributed by atoms with E-state index in [2.05, 4.69) is 27.6 Å². The van der Waals surface area contributed by atoms with Crippen molar-refractivity contribution in [2.75, 3.05) is 6.61 Å². The Balaban J connectivity index is 1.94. The summed E-state index contributed by atoms with van der Waals surface area (Å²) < 4.78 is 12.7. The Labute approximate surface area is 147 Å². The van der Waals surface area contributed by atoms with E-state index in [0.29, 0.717) is 11.6 Å². The molecule has 1 aliphatic carbocycles. The molecule has 2 aromatic rings. The molecule has 0 amide bonds. The minimum Gasteiger partial charge on any atom is -0.484 e. The second kappa shape index (κ2) is 6.44. The van der Waals surface area contributed by atoms with Gasteiger partial charge in [0, 0.05) is 24.6 Å². The van der Waals surface area contributed by atoms with E-state index in [0.717, 1.165) is 26.6 Å². The highest BCUT2D eigenvalue weighted by atomic mass is 127. The van der Waals surface area contributed by atoms with Gasteiger partial charge in [-0.2, -0.15) is 0 Å². The molecule has 1 saturated carbocycles. The molecule has 21 heavy (non-hydrogen) atoms. The zero-order valence-electron chi connectivity index (χ0n) is 11.4. The van der Waals surface area contributed by atoms with E-state index < -0.39 is 0 Å². The Bertz CT molecular complexity index is 667. The standard InChI is InChI=1S/C15H14Cl2INO2/c1-2-20-14-10(17)7-12(14)21-15-11(18)6-9(16)8-4-3-5-19-13(8)15/h3-6,10,12,14H,2,7H2,1H3. The van der Waals surface area contributed by atoms with Crippen LogP contribution in [-0.2, 0) is 4.74 Å². The van der Waals surface area contributed by atoms with E-state index in [4.69, 9.17) is 32.7 Å². The summed E-state index contributed by atoms with van der Waals surface area (Å²) in [5.74, 6) is 0.758. The van der Waals surface area contributed by atoms with Gasteiger partial charge in [-0.25, -0.2) is 0 Å². The van der Waals surface area contributed by atoms with Crippen LogP contribution in [0.5, 0.6) is 5.75 Å². The topological polar surface area (TPSA) is 31.4 Å². The van der Waals surface area contributed by atoms with Gasteiger partial charge in [-0.15, -0.1) is 11.6 Å². The molecule has 1 aromatic carbocycles. The van der Waals surface area contributed by atoms with Crippen molar-refractivity contribution in [2.45, 2.75) is 30.9 Å². The zero-order chi connectivity index (χ0) is 15.0. The van der Waals surface area contributed by atoms with E-state index >= 15 is 0 Å². The summed E-state index contributed by atoms with van der Waals surface area (Å²) >= 11 is 14.7. The third kappa shape index (κ3) is 2.96. The summed E-state index contributed by atoms with van der Waals surface area (Å²) in [5.41, 5.74) is 0.780. The molecule has 3 atom stereocenters. The van der Waals surface area contributed by atoms with Crippen LogP contribution in [0.15, 0.2) is 24.4 Å². The number of fused-ring (bicyclic) bond motifs is 1. The van der Waals surface area contributed by atoms with Crippen LogP contribution in [0.25, 0.3) is 10.9 Å². The first-order valence-corrected chi connectivity index (χ1v) is 8.66. The van der Waals surface area contributed by atoms with Crippen LogP contribution in [0.4, 0.5) is 0 Å². The van der Waals surface area contributed by atoms with Crippen LogP contribution in [0, 0.1) is 3.57 Å². The van der Waals surface area contributed by atoms with Crippen molar-refractivity contribution in [3.8, 4) is 5.75 Å². The van der Waals surface area contributed by atoms with Gasteiger partial charge in [-0.3, -0.25) is 4.98 Å². The van der Waals surface area contributed by atoms with Crippen LogP contribution >= 0.6 is 45.8 Å². The fraction of sp³-hybridized carbons (Fsp3) is 0.400. The summed E-state index contributed by atoms with van der Waals surface area (Å²) in [6.45, 7) is 2.59. The number of halogens is 3. The van der Waals surface area contributed by atoms with Crippen LogP contribution in [0.1, 0.15) is 13.3 Å². The van der Waals surface area contributed by atoms with Gasteiger partial charge in [0.1, 0.15) is 17.7 Å². The number of aromatic nitrogens is 1. The lowest BCUT2D eigenvalue weighted by molar-refractivity contribution is -0.0757. The van der Waals surface area contributed by atoms with E-state index in [1.807, 2.05) is 25.1 Å². The minimum atomic E-state index is -0.0677. The first-order valence-electron chi connectivity index (χ1n) is 6.77. The molecule has 3 rings (SSSR count). The summed E-state index contributed by atoms with van der Waals surface area (Å²) in [7, 11) is 0. The van der Waals surface area contributed by atoms with Crippen LogP contribution in [-0.4, -0.2) is 29.2 Å². The van der Waals surface area contributed by atoms with Crippen molar-refractivity contribution < 1.29 is 9.47 Å². The van der Waals surface area contributed by atoms with Crippen molar-refractivity contribution >= 4 is 56.7 Å². The smallest absolute Gasteiger partial charge is 0.159 e. The molecular formula is C15H14Cl2INO2. The van der Waals surface area contributed by atoms with Crippen molar-refractivity contribution in [1.29, 1.82) is 0 Å². The highest BCUT2D eigenvalue weighted by Gasteiger charge is 2.43. The van der Waals surface area contributed by atoms with Crippen LogP contribution in [0.2, 0.25) is 5.02 Å². The molecule has 0 bridgehead atoms. The molecule has 3 unspecified atom stereocenters. The highest BCUT2D eigenvalue weighted by Crippen LogP contribution is 2.39. The first kappa shape index (κ1) is 15.6. The van der Waals surface area contributed by atoms with Gasteiger partial charge in [0.15, 0.2) is 5.75 Å². The lowest BCUT2D eigenvalue weighted by atomic mass is 9.91. The van der Waals surface area contributed by atoms with Gasteiger partial charge in [0.25, 0.3) is 0 Å². The van der Waals surface area contributed by atoms with Gasteiger partial charge in [0.05, 0.1) is 14.0 Å². The second-order valence-electron chi connectivity index (χ2n) is 4.90. The average Bonchev–Trinajstić information content (AvgIpc) is 2.48. The quantitative estimate of drug-likeness (QED) is 0.515. The molecule has 1 aromatic heterocycles. The average molecular weight is 438 g/mol. The van der Waals surface area contributed by atoms with Crippen LogP contribution < -0.4 is 4.74 Å². The lowest BCUT2D eigenvalue weighted by Crippen LogP contribution is -2.52. The Morgan fingerprint density at radius 1 is 1.48 bits per heavy atom. The first-order chi connectivity index (χ1) is 10.1. The van der Waals surface area contributed by atoms with Gasteiger partial charge < -0.3 is 9.47 Å². The number of ether oxygens (including phenoxy) is 2. The van der Waals surface area contributed by atoms with E-state index in [1.54, 1.807) is 6.20 Å². The monoisotopic (exact) mass is 437 g/mol. The van der Waals surface area contributed by atoms with Gasteiger partial charge >= 0.3 is 0 Å². The van der Waals surface area contributed by atoms with Gasteiger partial charge in [-0.1, -0.05) is 11.6 Å². The molecule has 3 nitrogen and oxygen atoms in total. The molecule has 0 saturated heterocycles. The molecule has 0 spiro atoms. The maximum absolute atomic E-state index is 6.27. The Morgan fingerprint density at radius 3 is 3.00 bits per heavy atom. The molecule has 1 heterocycles. The maximum Gasteiger partial charge on any atom is 0.159 e. The molecule has 0 N–H and O–H groups in total. The fourth-order valence-corrected chi connectivity index (χ4v) is 4.01. The van der Waals surface area contributed by atoms with Crippen molar-refractivity contribution in [3.63, 3.8) is 0 Å². The summed E-state index contributed by atoms with van der Waals surface area (Å²) in [6, 6.07) is 5.71. The number of alkyl halides is 1. The van der Waals surface area contributed by atoms with E-state index in [-0.39, 0.29) is 17.6 Å². The third-order valence-corrected chi connectivity index (χ3v) is 5.10. The zero-order valence-corrected chi connectivity index (χ0v) is 15.0. The van der Waals surface area contributed by atoms with Crippen molar-refractivity contribution in [3.05, 3.63) is 33.0 Å². The predicted molar refractivity (Wildman–Crippen MR) is 93.6 cm³/mol. The number of benzene rings is 1. The summed E-state index contributed by atoms with van der Waals surface area (Å²) in [6.07, 6.45) is 2.42. The molecule has 6 heteroatoms. The third-order valence-electron chi connectivity index (χ3n) is 3.56. The van der Waals surface area contributed by atoms with Gasteiger partial charge in [-0.05, 0) is 47.7 Å². The largest absolute Gasteiger partial charge is 0.484 e. The minimum absolute atomic E-state index is 0.0131. The molecule has 1 aliphatic rings. The Morgan fingerprint density at radius 2 is 2.29 bits per heavy atom. The van der Waals surface area contributed by atoms with Crippen LogP contribution in [0.3, 0.4) is 0 Å². The van der Waals surface area contributed by atoms with E-state index in [1.165, 1.54) is 0 Å². The molecule has 112 valence electrons. The Hall–Kier alpha value is -0.300. The lowest BCUT2D eigenvalue weighted by Gasteiger charge is -2.40.